The van der Waals surface area contributed by atoms with Gasteiger partial charge in [0.2, 0.25) is 10.0 Å². The number of hydrogen-bond acceptors (Lipinski definition) is 4. The van der Waals surface area contributed by atoms with Gasteiger partial charge in [-0.3, -0.25) is 4.79 Å². The van der Waals surface area contributed by atoms with Crippen LogP contribution in [0.15, 0.2) is 0 Å². The minimum Gasteiger partial charge on any atom is -0.480 e. The molecule has 0 radical (unpaired) electrons. The Hall–Kier alpha value is -0.660. The molecule has 0 bridgehead atoms. The van der Waals surface area contributed by atoms with Crippen molar-refractivity contribution in [1.29, 1.82) is 0 Å². The highest BCUT2D eigenvalue weighted by Gasteiger charge is 2.36. The minimum atomic E-state index is -3.70. The number of sulfonamides is 1. The quantitative estimate of drug-likeness (QED) is 0.762. The Bertz CT molecular complexity index is 372. The number of piperidine rings is 1. The zero-order valence-corrected chi connectivity index (χ0v) is 11.3. The lowest BCUT2D eigenvalue weighted by atomic mass is 10.1. The Balaban J connectivity index is 2.68. The van der Waals surface area contributed by atoms with E-state index in [1.807, 2.05) is 14.1 Å². The van der Waals surface area contributed by atoms with Gasteiger partial charge in [-0.1, -0.05) is 0 Å². The first-order valence-electron chi connectivity index (χ1n) is 5.65. The third kappa shape index (κ3) is 3.17. The predicted octanol–water partition coefficient (Wildman–Crippen LogP) is -0.185. The van der Waals surface area contributed by atoms with Crippen molar-refractivity contribution in [3.8, 4) is 0 Å². The van der Waals surface area contributed by atoms with Gasteiger partial charge in [-0.2, -0.15) is 0 Å². The normalized spacial score (nSPS) is 21.6. The lowest BCUT2D eigenvalue weighted by Gasteiger charge is -2.35. The molecule has 1 fully saturated rings. The summed E-state index contributed by atoms with van der Waals surface area (Å²) in [5.41, 5.74) is 0. The molecule has 0 aromatic carbocycles. The molecule has 1 atom stereocenters. The van der Waals surface area contributed by atoms with Gasteiger partial charge in [-0.05, 0) is 33.9 Å². The molecule has 0 aliphatic carbocycles. The molecule has 0 saturated carbocycles. The number of carboxylic acids is 1. The highest BCUT2D eigenvalue weighted by atomic mass is 32.2. The van der Waals surface area contributed by atoms with Gasteiger partial charge in [0.25, 0.3) is 0 Å². The van der Waals surface area contributed by atoms with Crippen LogP contribution in [0, 0.1) is 0 Å². The van der Waals surface area contributed by atoms with E-state index in [1.54, 1.807) is 0 Å². The number of carboxylic acid groups (broad SMARTS) is 1. The second-order valence-corrected chi connectivity index (χ2v) is 6.87. The van der Waals surface area contributed by atoms with Gasteiger partial charge < -0.3 is 10.0 Å². The molecule has 0 amide bonds. The Morgan fingerprint density at radius 1 is 1.35 bits per heavy atom. The molecule has 1 unspecified atom stereocenters. The average Bonchev–Trinajstić information content (AvgIpc) is 2.27. The lowest BCUT2D eigenvalue weighted by molar-refractivity contribution is -0.136. The number of nitrogens with zero attached hydrogens (tertiary/aromatic N) is 2. The van der Waals surface area contributed by atoms with Crippen molar-refractivity contribution in [3.05, 3.63) is 0 Å². The van der Waals surface area contributed by atoms with E-state index in [9.17, 15) is 13.2 Å². The number of carbonyl (C=O) groups is 1. The molecular formula is C10H20N2O4S. The van der Waals surface area contributed by atoms with E-state index in [0.717, 1.165) is 12.8 Å². The maximum Gasteiger partial charge on any atom is 0.323 e. The average molecular weight is 264 g/mol. The summed E-state index contributed by atoms with van der Waals surface area (Å²) in [4.78, 5) is 12.8. The van der Waals surface area contributed by atoms with Crippen LogP contribution in [0.3, 0.4) is 0 Å². The summed E-state index contributed by atoms with van der Waals surface area (Å²) in [6.45, 7) is 2.03. The highest BCUT2D eigenvalue weighted by molar-refractivity contribution is 7.90. The van der Waals surface area contributed by atoms with Crippen molar-refractivity contribution < 1.29 is 18.3 Å². The molecule has 1 N–H and O–H groups in total. The van der Waals surface area contributed by atoms with E-state index in [4.69, 9.17) is 5.11 Å². The van der Waals surface area contributed by atoms with Crippen molar-refractivity contribution in [1.82, 2.24) is 9.21 Å². The van der Waals surface area contributed by atoms with Crippen LogP contribution in [0.1, 0.15) is 19.8 Å². The van der Waals surface area contributed by atoms with Crippen molar-refractivity contribution in [2.75, 3.05) is 27.2 Å². The lowest BCUT2D eigenvalue weighted by Crippen LogP contribution is -2.48. The fourth-order valence-corrected chi connectivity index (χ4v) is 3.39. The van der Waals surface area contributed by atoms with Gasteiger partial charge in [0.1, 0.15) is 0 Å². The Morgan fingerprint density at radius 3 is 2.18 bits per heavy atom. The molecule has 6 nitrogen and oxygen atoms in total. The maximum atomic E-state index is 11.9. The van der Waals surface area contributed by atoms with Crippen molar-refractivity contribution in [2.45, 2.75) is 31.1 Å². The molecule has 7 heteroatoms. The second-order valence-electron chi connectivity index (χ2n) is 4.62. The van der Waals surface area contributed by atoms with E-state index in [2.05, 4.69) is 4.90 Å². The summed E-state index contributed by atoms with van der Waals surface area (Å²) >= 11 is 0. The molecule has 1 aliphatic rings. The molecule has 0 aromatic rings. The Kier molecular flexibility index (Phi) is 4.51. The van der Waals surface area contributed by atoms with Crippen LogP contribution in [-0.4, -0.2) is 67.2 Å². The smallest absolute Gasteiger partial charge is 0.323 e. The second kappa shape index (κ2) is 5.32. The van der Waals surface area contributed by atoms with Crippen LogP contribution in [0.5, 0.6) is 0 Å². The first kappa shape index (κ1) is 14.4. The summed E-state index contributed by atoms with van der Waals surface area (Å²) in [5.74, 6) is -1.29. The molecule has 17 heavy (non-hydrogen) atoms. The van der Waals surface area contributed by atoms with Crippen LogP contribution in [-0.2, 0) is 14.8 Å². The fourth-order valence-electron chi connectivity index (χ4n) is 1.96. The van der Waals surface area contributed by atoms with Crippen molar-refractivity contribution in [2.24, 2.45) is 0 Å². The van der Waals surface area contributed by atoms with Crippen LogP contribution in [0.25, 0.3) is 0 Å². The maximum absolute atomic E-state index is 11.9. The molecule has 1 rings (SSSR count). The van der Waals surface area contributed by atoms with Gasteiger partial charge in [-0.25, -0.2) is 12.7 Å². The van der Waals surface area contributed by atoms with E-state index >= 15 is 0 Å². The molecule has 0 spiro atoms. The molecule has 0 aromatic heterocycles. The highest BCUT2D eigenvalue weighted by Crippen LogP contribution is 2.19. The predicted molar refractivity (Wildman–Crippen MR) is 64.3 cm³/mol. The first-order chi connectivity index (χ1) is 7.76. The van der Waals surface area contributed by atoms with Crippen LogP contribution in [0.4, 0.5) is 0 Å². The van der Waals surface area contributed by atoms with Gasteiger partial charge in [0, 0.05) is 19.1 Å². The molecule has 1 heterocycles. The van der Waals surface area contributed by atoms with Gasteiger partial charge >= 0.3 is 5.97 Å². The van der Waals surface area contributed by atoms with E-state index < -0.39 is 21.2 Å². The van der Waals surface area contributed by atoms with E-state index in [1.165, 1.54) is 11.2 Å². The van der Waals surface area contributed by atoms with Crippen molar-refractivity contribution in [3.63, 3.8) is 0 Å². The van der Waals surface area contributed by atoms with E-state index in [0.29, 0.717) is 19.1 Å². The van der Waals surface area contributed by atoms with Crippen LogP contribution in [0.2, 0.25) is 0 Å². The Morgan fingerprint density at radius 2 is 1.82 bits per heavy atom. The molecule has 1 aliphatic heterocycles. The van der Waals surface area contributed by atoms with Crippen LogP contribution >= 0.6 is 0 Å². The standard InChI is InChI=1S/C10H20N2O4S/c1-8(10(13)14)17(15,16)12-6-4-9(5-7-12)11(2)3/h8-9H,4-7H2,1-3H3,(H,13,14). The zero-order chi connectivity index (χ0) is 13.2. The largest absolute Gasteiger partial charge is 0.480 e. The first-order valence-corrected chi connectivity index (χ1v) is 7.15. The summed E-state index contributed by atoms with van der Waals surface area (Å²) in [6.07, 6.45) is 1.50. The molecule has 1 saturated heterocycles. The SMILES string of the molecule is CC(C(=O)O)S(=O)(=O)N1CCC(N(C)C)CC1. The summed E-state index contributed by atoms with van der Waals surface area (Å²) in [5, 5.41) is 7.41. The fraction of sp³-hybridized carbons (Fsp3) is 0.900. The summed E-state index contributed by atoms with van der Waals surface area (Å²) in [7, 11) is 0.239. The van der Waals surface area contributed by atoms with Gasteiger partial charge in [-0.15, -0.1) is 0 Å². The Labute approximate surface area is 102 Å². The van der Waals surface area contributed by atoms with Gasteiger partial charge in [0.15, 0.2) is 5.25 Å². The number of aliphatic carboxylic acids is 1. The topological polar surface area (TPSA) is 77.9 Å². The summed E-state index contributed by atoms with van der Waals surface area (Å²) < 4.78 is 25.2. The third-order valence-electron chi connectivity index (χ3n) is 3.31. The number of rotatable bonds is 4. The minimum absolute atomic E-state index is 0.376. The third-order valence-corrected chi connectivity index (χ3v) is 5.49. The van der Waals surface area contributed by atoms with Gasteiger partial charge in [0.05, 0.1) is 0 Å². The van der Waals surface area contributed by atoms with Crippen LogP contribution < -0.4 is 0 Å². The summed E-state index contributed by atoms with van der Waals surface area (Å²) in [6, 6.07) is 0.376. The van der Waals surface area contributed by atoms with E-state index in [-0.39, 0.29) is 0 Å². The zero-order valence-electron chi connectivity index (χ0n) is 10.5. The number of hydrogen-bond donors (Lipinski definition) is 1. The molecular weight excluding hydrogens is 244 g/mol. The van der Waals surface area contributed by atoms with Crippen molar-refractivity contribution >= 4 is 16.0 Å². The molecule has 100 valence electrons. The monoisotopic (exact) mass is 264 g/mol.